The van der Waals surface area contributed by atoms with Crippen LogP contribution in [0, 0.1) is 11.3 Å². The molecule has 2 unspecified atom stereocenters. The van der Waals surface area contributed by atoms with Crippen molar-refractivity contribution < 1.29 is 14.3 Å². The molecule has 0 aliphatic rings. The molecule has 0 aliphatic carbocycles. The maximum Gasteiger partial charge on any atom is 0.408 e. The zero-order valence-electron chi connectivity index (χ0n) is 16.2. The fourth-order valence-corrected chi connectivity index (χ4v) is 4.25. The minimum atomic E-state index is -1.01. The summed E-state index contributed by atoms with van der Waals surface area (Å²) in [6.45, 7) is 0.0721. The van der Waals surface area contributed by atoms with Crippen molar-refractivity contribution in [1.82, 2.24) is 10.6 Å². The van der Waals surface area contributed by atoms with Gasteiger partial charge in [-0.2, -0.15) is 5.26 Å². The minimum Gasteiger partial charge on any atom is -0.445 e. The molecule has 0 saturated carbocycles. The molecule has 0 spiro atoms. The van der Waals surface area contributed by atoms with Crippen LogP contribution in [0.1, 0.15) is 16.5 Å². The van der Waals surface area contributed by atoms with Crippen molar-refractivity contribution in [3.8, 4) is 6.07 Å². The summed E-state index contributed by atoms with van der Waals surface area (Å²) in [7, 11) is 0. The Morgan fingerprint density at radius 2 is 1.81 bits per heavy atom. The van der Waals surface area contributed by atoms with Crippen molar-refractivity contribution in [2.75, 3.05) is 0 Å². The van der Waals surface area contributed by atoms with Crippen LogP contribution in [0.5, 0.6) is 0 Å². The van der Waals surface area contributed by atoms with Crippen LogP contribution in [-0.2, 0) is 16.1 Å². The summed E-state index contributed by atoms with van der Waals surface area (Å²) in [5, 5.41) is 16.1. The molecular formula is C22H18ClN3O3S2. The summed E-state index contributed by atoms with van der Waals surface area (Å²) >= 11 is 8.41. The van der Waals surface area contributed by atoms with Gasteiger partial charge in [0, 0.05) is 14.8 Å². The summed E-state index contributed by atoms with van der Waals surface area (Å²) < 4.78 is 5.24. The van der Waals surface area contributed by atoms with Gasteiger partial charge >= 0.3 is 6.09 Å². The molecule has 2 N–H and O–H groups in total. The fourth-order valence-electron chi connectivity index (χ4n) is 2.51. The minimum absolute atomic E-state index is 0.0721. The third kappa shape index (κ3) is 7.03. The lowest BCUT2D eigenvalue weighted by Gasteiger charge is -2.19. The molecule has 0 bridgehead atoms. The molecular weight excluding hydrogens is 454 g/mol. The smallest absolute Gasteiger partial charge is 0.408 e. The molecule has 0 radical (unpaired) electrons. The summed E-state index contributed by atoms with van der Waals surface area (Å²) in [6.07, 6.45) is -0.741. The van der Waals surface area contributed by atoms with Crippen LogP contribution in [-0.4, -0.2) is 17.4 Å². The van der Waals surface area contributed by atoms with E-state index in [9.17, 15) is 14.9 Å². The van der Waals surface area contributed by atoms with Crippen LogP contribution in [0.25, 0.3) is 0 Å². The van der Waals surface area contributed by atoms with Crippen molar-refractivity contribution in [3.05, 3.63) is 87.6 Å². The molecule has 3 aromatic rings. The number of nitriles is 1. The van der Waals surface area contributed by atoms with Crippen molar-refractivity contribution in [1.29, 1.82) is 5.26 Å². The van der Waals surface area contributed by atoms with E-state index >= 15 is 0 Å². The number of nitrogens with zero attached hydrogens (tertiary/aromatic N) is 1. The van der Waals surface area contributed by atoms with E-state index in [0.29, 0.717) is 9.90 Å². The zero-order chi connectivity index (χ0) is 22.1. The molecule has 0 aliphatic heterocycles. The Labute approximate surface area is 193 Å². The predicted molar refractivity (Wildman–Crippen MR) is 122 cm³/mol. The van der Waals surface area contributed by atoms with Crippen molar-refractivity contribution >= 4 is 46.7 Å². The molecule has 158 valence electrons. The van der Waals surface area contributed by atoms with E-state index < -0.39 is 23.4 Å². The first-order valence-corrected chi connectivity index (χ1v) is 11.3. The van der Waals surface area contributed by atoms with Gasteiger partial charge in [0.15, 0.2) is 11.4 Å². The highest BCUT2D eigenvalue weighted by Crippen LogP contribution is 2.25. The molecule has 2 aromatic carbocycles. The summed E-state index contributed by atoms with van der Waals surface area (Å²) in [5.41, 5.74) is 0.825. The van der Waals surface area contributed by atoms with E-state index in [1.54, 1.807) is 36.4 Å². The molecule has 31 heavy (non-hydrogen) atoms. The van der Waals surface area contributed by atoms with Gasteiger partial charge in [0.2, 0.25) is 0 Å². The van der Waals surface area contributed by atoms with Gasteiger partial charge < -0.3 is 15.4 Å². The monoisotopic (exact) mass is 471 g/mol. The Bertz CT molecular complexity index is 1040. The first kappa shape index (κ1) is 22.7. The second-order valence-electron chi connectivity index (χ2n) is 6.24. The van der Waals surface area contributed by atoms with Gasteiger partial charge in [-0.05, 0) is 41.3 Å². The Hall–Kier alpha value is -2.99. The van der Waals surface area contributed by atoms with Crippen molar-refractivity contribution in [3.63, 3.8) is 0 Å². The highest BCUT2D eigenvalue weighted by atomic mass is 35.5. The highest BCUT2D eigenvalue weighted by Gasteiger charge is 2.26. The molecule has 2 amide bonds. The zero-order valence-corrected chi connectivity index (χ0v) is 18.5. The number of nitrogens with one attached hydrogen (secondary N) is 2. The average Bonchev–Trinajstić information content (AvgIpc) is 3.32. The van der Waals surface area contributed by atoms with Crippen LogP contribution in [0.4, 0.5) is 4.79 Å². The van der Waals surface area contributed by atoms with E-state index in [-0.39, 0.29) is 6.61 Å². The van der Waals surface area contributed by atoms with Crippen LogP contribution >= 0.6 is 34.7 Å². The lowest BCUT2D eigenvalue weighted by Crippen LogP contribution is -2.45. The first-order chi connectivity index (χ1) is 15.0. The predicted octanol–water partition coefficient (Wildman–Crippen LogP) is 5.13. The van der Waals surface area contributed by atoms with Gasteiger partial charge in [-0.25, -0.2) is 4.79 Å². The number of alkyl carbamates (subject to hydrolysis) is 1. The van der Waals surface area contributed by atoms with Gasteiger partial charge in [0.05, 0.1) is 6.07 Å². The fraction of sp³-hybridized carbons (Fsp3) is 0.136. The van der Waals surface area contributed by atoms with E-state index in [4.69, 9.17) is 16.3 Å². The molecule has 3 rings (SSSR count). The Kier molecular flexibility index (Phi) is 8.35. The molecule has 1 heterocycles. The molecule has 0 fully saturated rings. The second-order valence-corrected chi connectivity index (χ2v) is 8.84. The molecule has 9 heteroatoms. The topological polar surface area (TPSA) is 91.2 Å². The summed E-state index contributed by atoms with van der Waals surface area (Å²) in [6, 6.07) is 20.9. The number of amides is 2. The van der Waals surface area contributed by atoms with Gasteiger partial charge in [-0.15, -0.1) is 11.3 Å². The van der Waals surface area contributed by atoms with E-state index in [0.717, 1.165) is 22.2 Å². The molecule has 6 nitrogen and oxygen atoms in total. The number of thiophene rings is 1. The number of halogens is 1. The number of hydrogen-bond acceptors (Lipinski definition) is 6. The van der Waals surface area contributed by atoms with Crippen LogP contribution in [0.3, 0.4) is 0 Å². The number of benzene rings is 2. The van der Waals surface area contributed by atoms with Crippen molar-refractivity contribution in [2.24, 2.45) is 0 Å². The Morgan fingerprint density at radius 1 is 1.06 bits per heavy atom. The lowest BCUT2D eigenvalue weighted by molar-refractivity contribution is -0.121. The van der Waals surface area contributed by atoms with E-state index in [2.05, 4.69) is 16.7 Å². The maximum atomic E-state index is 12.9. The Balaban J connectivity index is 1.68. The van der Waals surface area contributed by atoms with E-state index in [1.807, 2.05) is 35.7 Å². The normalized spacial score (nSPS) is 12.3. The highest BCUT2D eigenvalue weighted by molar-refractivity contribution is 8.00. The second kappa shape index (κ2) is 11.4. The number of hydrogen-bond donors (Lipinski definition) is 2. The van der Waals surface area contributed by atoms with Crippen LogP contribution in [0.2, 0.25) is 5.02 Å². The quantitative estimate of drug-likeness (QED) is 0.351. The molecule has 1 aromatic heterocycles. The number of carbonyl (C=O) groups excluding carboxylic acids is 2. The summed E-state index contributed by atoms with van der Waals surface area (Å²) in [5.74, 6) is -0.517. The van der Waals surface area contributed by atoms with E-state index in [1.165, 1.54) is 11.3 Å². The van der Waals surface area contributed by atoms with Gasteiger partial charge in [0.25, 0.3) is 5.91 Å². The van der Waals surface area contributed by atoms with Crippen LogP contribution < -0.4 is 10.6 Å². The standard InChI is InChI=1S/C22H18ClN3O3S2/c23-16-8-10-17(11-9-16)31-21(20(27)25-18(13-24)19-7-4-12-30-19)26-22(28)29-14-15-5-2-1-3-6-15/h1-12,18,21H,14H2,(H,25,27)(H,26,28). The molecule has 2 atom stereocenters. The first-order valence-electron chi connectivity index (χ1n) is 9.18. The number of thioether (sulfide) groups is 1. The Morgan fingerprint density at radius 3 is 2.45 bits per heavy atom. The van der Waals surface area contributed by atoms with Crippen molar-refractivity contribution in [2.45, 2.75) is 22.9 Å². The number of carbonyl (C=O) groups is 2. The molecule has 0 saturated heterocycles. The summed E-state index contributed by atoms with van der Waals surface area (Å²) in [4.78, 5) is 26.7. The lowest BCUT2D eigenvalue weighted by atomic mass is 10.2. The van der Waals surface area contributed by atoms with Crippen LogP contribution in [0.15, 0.2) is 77.0 Å². The van der Waals surface area contributed by atoms with Gasteiger partial charge in [-0.3, -0.25) is 4.79 Å². The maximum absolute atomic E-state index is 12.9. The SMILES string of the molecule is N#CC(NC(=O)C(NC(=O)OCc1ccccc1)Sc1ccc(Cl)cc1)c1cccs1. The third-order valence-electron chi connectivity index (χ3n) is 4.01. The largest absolute Gasteiger partial charge is 0.445 e. The number of rotatable bonds is 8. The number of ether oxygens (including phenoxy) is 1. The average molecular weight is 472 g/mol. The van der Waals surface area contributed by atoms with Gasteiger partial charge in [0.1, 0.15) is 6.61 Å². The van der Waals surface area contributed by atoms with Gasteiger partial charge in [-0.1, -0.05) is 59.8 Å². The third-order valence-corrected chi connectivity index (χ3v) is 6.31.